The van der Waals surface area contributed by atoms with Crippen LogP contribution in [-0.2, 0) is 6.42 Å². The Labute approximate surface area is 130 Å². The van der Waals surface area contributed by atoms with E-state index in [9.17, 15) is 4.39 Å². The van der Waals surface area contributed by atoms with E-state index in [1.54, 1.807) is 6.07 Å². The summed E-state index contributed by atoms with van der Waals surface area (Å²) in [6.07, 6.45) is 0.668. The fourth-order valence-corrected chi connectivity index (χ4v) is 2.57. The molecule has 0 amide bonds. The predicted molar refractivity (Wildman–Crippen MR) is 84.0 cm³/mol. The molecule has 0 spiro atoms. The third-order valence-electron chi connectivity index (χ3n) is 3.87. The van der Waals surface area contributed by atoms with Crippen molar-refractivity contribution in [1.82, 2.24) is 5.32 Å². The second-order valence-electron chi connectivity index (χ2n) is 5.42. The van der Waals surface area contributed by atoms with E-state index >= 15 is 0 Å². The largest absolute Gasteiger partial charge is 0.486 e. The van der Waals surface area contributed by atoms with Crippen LogP contribution >= 0.6 is 0 Å². The number of benzene rings is 2. The van der Waals surface area contributed by atoms with Crippen LogP contribution in [0.1, 0.15) is 24.1 Å². The fourth-order valence-electron chi connectivity index (χ4n) is 2.57. The monoisotopic (exact) mass is 301 g/mol. The molecule has 1 unspecified atom stereocenters. The molecule has 3 nitrogen and oxygen atoms in total. The molecule has 0 saturated heterocycles. The van der Waals surface area contributed by atoms with E-state index in [-0.39, 0.29) is 11.9 Å². The number of fused-ring (bicyclic) bond motifs is 1. The summed E-state index contributed by atoms with van der Waals surface area (Å²) < 4.78 is 24.7. The first-order valence-electron chi connectivity index (χ1n) is 7.60. The van der Waals surface area contributed by atoms with Gasteiger partial charge in [0.05, 0.1) is 0 Å². The van der Waals surface area contributed by atoms with Gasteiger partial charge in [-0.15, -0.1) is 0 Å². The minimum absolute atomic E-state index is 0.142. The Bertz CT molecular complexity index is 645. The first-order chi connectivity index (χ1) is 10.7. The van der Waals surface area contributed by atoms with E-state index in [1.165, 1.54) is 6.07 Å². The number of hydrogen-bond donors (Lipinski definition) is 1. The van der Waals surface area contributed by atoms with E-state index in [2.05, 4.69) is 12.2 Å². The van der Waals surface area contributed by atoms with Crippen molar-refractivity contribution >= 4 is 0 Å². The number of nitrogens with one attached hydrogen (secondary N) is 1. The summed E-state index contributed by atoms with van der Waals surface area (Å²) >= 11 is 0. The van der Waals surface area contributed by atoms with Gasteiger partial charge in [0.25, 0.3) is 0 Å². The van der Waals surface area contributed by atoms with Crippen LogP contribution < -0.4 is 14.8 Å². The highest BCUT2D eigenvalue weighted by Crippen LogP contribution is 2.32. The van der Waals surface area contributed by atoms with Crippen LogP contribution in [0.3, 0.4) is 0 Å². The summed E-state index contributed by atoms with van der Waals surface area (Å²) in [5.41, 5.74) is 1.88. The van der Waals surface area contributed by atoms with Crippen LogP contribution in [0.25, 0.3) is 0 Å². The molecule has 0 saturated carbocycles. The zero-order chi connectivity index (χ0) is 15.4. The van der Waals surface area contributed by atoms with Gasteiger partial charge in [0, 0.05) is 6.04 Å². The average Bonchev–Trinajstić information content (AvgIpc) is 2.56. The Morgan fingerprint density at radius 2 is 1.86 bits per heavy atom. The third-order valence-corrected chi connectivity index (χ3v) is 3.87. The number of rotatable bonds is 5. The second kappa shape index (κ2) is 6.79. The molecule has 0 bridgehead atoms. The molecule has 1 aliphatic heterocycles. The molecular formula is C18H20FNO2. The SMILES string of the molecule is CC(NCCc1ccccc1F)c1ccc2c(c1)OCCO2. The highest BCUT2D eigenvalue weighted by atomic mass is 19.1. The first kappa shape index (κ1) is 14.9. The van der Waals surface area contributed by atoms with E-state index in [4.69, 9.17) is 9.47 Å². The number of halogens is 1. The summed E-state index contributed by atoms with van der Waals surface area (Å²) in [5, 5.41) is 3.42. The van der Waals surface area contributed by atoms with Crippen molar-refractivity contribution in [2.24, 2.45) is 0 Å². The summed E-state index contributed by atoms with van der Waals surface area (Å²) in [6.45, 7) is 4.00. The molecular weight excluding hydrogens is 281 g/mol. The van der Waals surface area contributed by atoms with E-state index < -0.39 is 0 Å². The van der Waals surface area contributed by atoms with Crippen molar-refractivity contribution in [1.29, 1.82) is 0 Å². The van der Waals surface area contributed by atoms with Crippen molar-refractivity contribution in [3.05, 3.63) is 59.4 Å². The molecule has 1 N–H and O–H groups in total. The normalized spacial score (nSPS) is 14.6. The quantitative estimate of drug-likeness (QED) is 0.917. The van der Waals surface area contributed by atoms with Gasteiger partial charge in [-0.25, -0.2) is 4.39 Å². The maximum atomic E-state index is 13.6. The maximum Gasteiger partial charge on any atom is 0.161 e. The van der Waals surface area contributed by atoms with Crippen molar-refractivity contribution in [3.63, 3.8) is 0 Å². The Morgan fingerprint density at radius 3 is 2.68 bits per heavy atom. The summed E-state index contributed by atoms with van der Waals surface area (Å²) in [5.74, 6) is 1.45. The Morgan fingerprint density at radius 1 is 1.09 bits per heavy atom. The van der Waals surface area contributed by atoms with Crippen molar-refractivity contribution < 1.29 is 13.9 Å². The second-order valence-corrected chi connectivity index (χ2v) is 5.42. The molecule has 22 heavy (non-hydrogen) atoms. The van der Waals surface area contributed by atoms with Gasteiger partial charge in [-0.05, 0) is 49.2 Å². The van der Waals surface area contributed by atoms with Crippen LogP contribution in [0.2, 0.25) is 0 Å². The van der Waals surface area contributed by atoms with Crippen LogP contribution in [0.5, 0.6) is 11.5 Å². The molecule has 0 radical (unpaired) electrons. The van der Waals surface area contributed by atoms with Crippen molar-refractivity contribution in [2.75, 3.05) is 19.8 Å². The molecule has 3 rings (SSSR count). The lowest BCUT2D eigenvalue weighted by Gasteiger charge is -2.21. The molecule has 0 aliphatic carbocycles. The van der Waals surface area contributed by atoms with Gasteiger partial charge in [-0.3, -0.25) is 0 Å². The molecule has 1 aliphatic rings. The number of ether oxygens (including phenoxy) is 2. The van der Waals surface area contributed by atoms with Gasteiger partial charge >= 0.3 is 0 Å². The van der Waals surface area contributed by atoms with Crippen LogP contribution in [0, 0.1) is 5.82 Å². The topological polar surface area (TPSA) is 30.5 Å². The summed E-state index contributed by atoms with van der Waals surface area (Å²) in [7, 11) is 0. The van der Waals surface area contributed by atoms with Gasteiger partial charge in [0.1, 0.15) is 19.0 Å². The van der Waals surface area contributed by atoms with Gasteiger partial charge < -0.3 is 14.8 Å². The molecule has 1 atom stereocenters. The van der Waals surface area contributed by atoms with Gasteiger partial charge in [-0.2, -0.15) is 0 Å². The number of hydrogen-bond acceptors (Lipinski definition) is 3. The van der Waals surface area contributed by atoms with Crippen LogP contribution in [0.15, 0.2) is 42.5 Å². The minimum Gasteiger partial charge on any atom is -0.486 e. The molecule has 0 fully saturated rings. The highest BCUT2D eigenvalue weighted by Gasteiger charge is 2.14. The van der Waals surface area contributed by atoms with E-state index in [0.717, 1.165) is 29.2 Å². The van der Waals surface area contributed by atoms with Gasteiger partial charge in [0.2, 0.25) is 0 Å². The predicted octanol–water partition coefficient (Wildman–Crippen LogP) is 3.49. The Kier molecular flexibility index (Phi) is 4.59. The highest BCUT2D eigenvalue weighted by molar-refractivity contribution is 5.44. The fraction of sp³-hybridized carbons (Fsp3) is 0.333. The smallest absolute Gasteiger partial charge is 0.161 e. The molecule has 116 valence electrons. The maximum absolute atomic E-state index is 13.6. The lowest BCUT2D eigenvalue weighted by molar-refractivity contribution is 0.171. The standard InChI is InChI=1S/C18H20FNO2/c1-13(20-9-8-14-4-2-3-5-16(14)19)15-6-7-17-18(12-15)22-11-10-21-17/h2-7,12-13,20H,8-11H2,1H3. The van der Waals surface area contributed by atoms with Crippen molar-refractivity contribution in [2.45, 2.75) is 19.4 Å². The van der Waals surface area contributed by atoms with E-state index in [1.807, 2.05) is 30.3 Å². The lowest BCUT2D eigenvalue weighted by atomic mass is 10.1. The van der Waals surface area contributed by atoms with E-state index in [0.29, 0.717) is 19.6 Å². The molecule has 1 heterocycles. The minimum atomic E-state index is -0.142. The van der Waals surface area contributed by atoms with Gasteiger partial charge in [-0.1, -0.05) is 24.3 Å². The van der Waals surface area contributed by atoms with Crippen molar-refractivity contribution in [3.8, 4) is 11.5 Å². The molecule has 2 aromatic rings. The van der Waals surface area contributed by atoms with Crippen LogP contribution in [0.4, 0.5) is 4.39 Å². The molecule has 0 aromatic heterocycles. The van der Waals surface area contributed by atoms with Crippen LogP contribution in [-0.4, -0.2) is 19.8 Å². The van der Waals surface area contributed by atoms with Gasteiger partial charge in [0.15, 0.2) is 11.5 Å². The Balaban J connectivity index is 1.58. The Hall–Kier alpha value is -2.07. The lowest BCUT2D eigenvalue weighted by Crippen LogP contribution is -2.22. The zero-order valence-corrected chi connectivity index (χ0v) is 12.6. The zero-order valence-electron chi connectivity index (χ0n) is 12.6. The molecule has 4 heteroatoms. The summed E-state index contributed by atoms with van der Waals surface area (Å²) in [4.78, 5) is 0. The first-order valence-corrected chi connectivity index (χ1v) is 7.60. The summed E-state index contributed by atoms with van der Waals surface area (Å²) in [6, 6.07) is 13.1. The third kappa shape index (κ3) is 3.39. The molecule has 2 aromatic carbocycles. The average molecular weight is 301 g/mol.